The van der Waals surface area contributed by atoms with E-state index in [9.17, 15) is 4.79 Å². The molecule has 0 bridgehead atoms. The Morgan fingerprint density at radius 1 is 1.45 bits per heavy atom. The van der Waals surface area contributed by atoms with Crippen molar-refractivity contribution in [3.8, 4) is 0 Å². The Bertz CT molecular complexity index is 470. The van der Waals surface area contributed by atoms with Gasteiger partial charge in [0.15, 0.2) is 0 Å². The zero-order valence-corrected chi connectivity index (χ0v) is 13.0. The highest BCUT2D eigenvalue weighted by molar-refractivity contribution is 6.30. The molecule has 1 aliphatic rings. The van der Waals surface area contributed by atoms with Crippen molar-refractivity contribution in [3.63, 3.8) is 0 Å². The summed E-state index contributed by atoms with van der Waals surface area (Å²) in [6, 6.07) is 6.17. The first-order valence-corrected chi connectivity index (χ1v) is 7.76. The number of nitrogens with one attached hydrogen (secondary N) is 2. The molecule has 1 saturated heterocycles. The normalized spacial score (nSPS) is 17.8. The first-order valence-electron chi connectivity index (χ1n) is 7.39. The topological polar surface area (TPSA) is 41.1 Å². The van der Waals surface area contributed by atoms with E-state index in [1.165, 1.54) is 11.1 Å². The molecule has 1 aromatic carbocycles. The fourth-order valence-corrected chi connectivity index (χ4v) is 3.18. The molecule has 1 heterocycles. The first-order chi connectivity index (χ1) is 9.61. The van der Waals surface area contributed by atoms with Crippen LogP contribution in [0.1, 0.15) is 56.2 Å². The third-order valence-corrected chi connectivity index (χ3v) is 4.22. The average Bonchev–Trinajstić information content (AvgIpc) is 2.45. The highest BCUT2D eigenvalue weighted by atomic mass is 35.5. The highest BCUT2D eigenvalue weighted by Gasteiger charge is 2.22. The van der Waals surface area contributed by atoms with Crippen LogP contribution in [0, 0.1) is 0 Å². The summed E-state index contributed by atoms with van der Waals surface area (Å²) < 4.78 is 0. The minimum absolute atomic E-state index is 0.00749. The Labute approximate surface area is 126 Å². The van der Waals surface area contributed by atoms with E-state index in [0.717, 1.165) is 37.4 Å². The summed E-state index contributed by atoms with van der Waals surface area (Å²) in [4.78, 5) is 11.4. The Morgan fingerprint density at radius 2 is 2.15 bits per heavy atom. The van der Waals surface area contributed by atoms with Gasteiger partial charge in [0.25, 0.3) is 0 Å². The van der Waals surface area contributed by atoms with Crippen molar-refractivity contribution in [1.29, 1.82) is 0 Å². The molecule has 0 spiro atoms. The molecule has 4 heteroatoms. The van der Waals surface area contributed by atoms with Crippen molar-refractivity contribution in [2.75, 3.05) is 13.1 Å². The molecule has 0 aromatic heterocycles. The van der Waals surface area contributed by atoms with Gasteiger partial charge in [0.05, 0.1) is 6.04 Å². The maximum Gasteiger partial charge on any atom is 0.217 e. The second kappa shape index (κ2) is 7.09. The van der Waals surface area contributed by atoms with Crippen LogP contribution in [0.15, 0.2) is 18.2 Å². The molecule has 1 fully saturated rings. The molecule has 0 unspecified atom stereocenters. The van der Waals surface area contributed by atoms with Crippen molar-refractivity contribution in [2.45, 2.75) is 45.1 Å². The number of carbonyl (C=O) groups is 1. The van der Waals surface area contributed by atoms with Crippen LogP contribution in [0.2, 0.25) is 5.02 Å². The first kappa shape index (κ1) is 15.3. The second-order valence-corrected chi connectivity index (χ2v) is 5.90. The maximum atomic E-state index is 11.4. The molecule has 3 nitrogen and oxygen atoms in total. The Kier molecular flexibility index (Phi) is 5.44. The second-order valence-electron chi connectivity index (χ2n) is 5.46. The van der Waals surface area contributed by atoms with Crippen LogP contribution in [-0.2, 0) is 4.79 Å². The molecular formula is C16H23ClN2O. The molecule has 2 N–H and O–H groups in total. The number of carbonyl (C=O) groups excluding carboxylic acids is 1. The van der Waals surface area contributed by atoms with Gasteiger partial charge in [0.1, 0.15) is 0 Å². The van der Waals surface area contributed by atoms with Gasteiger partial charge in [0, 0.05) is 11.9 Å². The van der Waals surface area contributed by atoms with Gasteiger partial charge in [-0.2, -0.15) is 0 Å². The molecule has 1 amide bonds. The van der Waals surface area contributed by atoms with Gasteiger partial charge in [-0.15, -0.1) is 0 Å². The zero-order chi connectivity index (χ0) is 14.5. The average molecular weight is 295 g/mol. The summed E-state index contributed by atoms with van der Waals surface area (Å²) in [7, 11) is 0. The molecule has 110 valence electrons. The number of rotatable bonds is 4. The third-order valence-electron chi connectivity index (χ3n) is 3.99. The summed E-state index contributed by atoms with van der Waals surface area (Å²) in [5.41, 5.74) is 2.53. The zero-order valence-electron chi connectivity index (χ0n) is 12.2. The largest absolute Gasteiger partial charge is 0.350 e. The number of piperidine rings is 1. The fourth-order valence-electron chi connectivity index (χ4n) is 3.00. The molecule has 1 atom stereocenters. The van der Waals surface area contributed by atoms with Gasteiger partial charge in [-0.25, -0.2) is 0 Å². The van der Waals surface area contributed by atoms with E-state index >= 15 is 0 Å². The van der Waals surface area contributed by atoms with Gasteiger partial charge in [-0.1, -0.05) is 24.6 Å². The maximum absolute atomic E-state index is 11.4. The smallest absolute Gasteiger partial charge is 0.217 e. The fraction of sp³-hybridized carbons (Fsp3) is 0.562. The lowest BCUT2D eigenvalue weighted by molar-refractivity contribution is -0.119. The molecule has 1 aliphatic heterocycles. The lowest BCUT2D eigenvalue weighted by Crippen LogP contribution is -2.29. The summed E-state index contributed by atoms with van der Waals surface area (Å²) in [5.74, 6) is 0.569. The lowest BCUT2D eigenvalue weighted by atomic mass is 9.84. The molecule has 1 aromatic rings. The van der Waals surface area contributed by atoms with Gasteiger partial charge in [-0.3, -0.25) is 4.79 Å². The van der Waals surface area contributed by atoms with Crippen LogP contribution < -0.4 is 10.6 Å². The minimum Gasteiger partial charge on any atom is -0.350 e. The van der Waals surface area contributed by atoms with E-state index in [1.807, 2.05) is 12.1 Å². The standard InChI is InChI=1S/C16H23ClN2O/c1-3-16(19-11(2)20)15-10-13(17)4-5-14(15)12-6-8-18-9-7-12/h4-5,10,12,16,18H,3,6-9H2,1-2H3,(H,19,20)/t16-/m1/s1. The Balaban J connectivity index is 2.33. The summed E-state index contributed by atoms with van der Waals surface area (Å²) in [5, 5.41) is 7.17. The van der Waals surface area contributed by atoms with Crippen molar-refractivity contribution < 1.29 is 4.79 Å². The third kappa shape index (κ3) is 3.74. The van der Waals surface area contributed by atoms with Gasteiger partial charge >= 0.3 is 0 Å². The van der Waals surface area contributed by atoms with Crippen LogP contribution in [0.25, 0.3) is 0 Å². The number of benzene rings is 1. The number of halogens is 1. The van der Waals surface area contributed by atoms with E-state index in [-0.39, 0.29) is 11.9 Å². The molecule has 0 saturated carbocycles. The van der Waals surface area contributed by atoms with E-state index in [1.54, 1.807) is 6.92 Å². The summed E-state index contributed by atoms with van der Waals surface area (Å²) >= 11 is 6.17. The SMILES string of the molecule is CC[C@@H](NC(C)=O)c1cc(Cl)ccc1C1CCNCC1. The predicted octanol–water partition coefficient (Wildman–Crippen LogP) is 3.39. The molecule has 20 heavy (non-hydrogen) atoms. The Hall–Kier alpha value is -1.06. The molecular weight excluding hydrogens is 272 g/mol. The van der Waals surface area contributed by atoms with Crippen LogP contribution in [0.5, 0.6) is 0 Å². The summed E-state index contributed by atoms with van der Waals surface area (Å²) in [6.07, 6.45) is 3.16. The van der Waals surface area contributed by atoms with Crippen molar-refractivity contribution in [3.05, 3.63) is 34.3 Å². The van der Waals surface area contributed by atoms with E-state index in [2.05, 4.69) is 23.6 Å². The summed E-state index contributed by atoms with van der Waals surface area (Å²) in [6.45, 7) is 5.78. The van der Waals surface area contributed by atoms with Crippen molar-refractivity contribution >= 4 is 17.5 Å². The predicted molar refractivity (Wildman–Crippen MR) is 83.1 cm³/mol. The van der Waals surface area contributed by atoms with Gasteiger partial charge in [0.2, 0.25) is 5.91 Å². The molecule has 0 radical (unpaired) electrons. The quantitative estimate of drug-likeness (QED) is 0.894. The Morgan fingerprint density at radius 3 is 2.75 bits per heavy atom. The monoisotopic (exact) mass is 294 g/mol. The van der Waals surface area contributed by atoms with Gasteiger partial charge < -0.3 is 10.6 Å². The van der Waals surface area contributed by atoms with Crippen LogP contribution in [-0.4, -0.2) is 19.0 Å². The number of amides is 1. The molecule has 0 aliphatic carbocycles. The van der Waals surface area contributed by atoms with E-state index in [0.29, 0.717) is 5.92 Å². The van der Waals surface area contributed by atoms with Crippen LogP contribution in [0.4, 0.5) is 0 Å². The van der Waals surface area contributed by atoms with Crippen LogP contribution in [0.3, 0.4) is 0 Å². The van der Waals surface area contributed by atoms with Crippen molar-refractivity contribution in [2.24, 2.45) is 0 Å². The van der Waals surface area contributed by atoms with E-state index in [4.69, 9.17) is 11.6 Å². The van der Waals surface area contributed by atoms with Crippen LogP contribution >= 0.6 is 11.6 Å². The minimum atomic E-state index is 0.00749. The number of hydrogen-bond donors (Lipinski definition) is 2. The lowest BCUT2D eigenvalue weighted by Gasteiger charge is -2.28. The van der Waals surface area contributed by atoms with Gasteiger partial charge in [-0.05, 0) is 61.5 Å². The highest BCUT2D eigenvalue weighted by Crippen LogP contribution is 2.34. The van der Waals surface area contributed by atoms with E-state index < -0.39 is 0 Å². The number of hydrogen-bond acceptors (Lipinski definition) is 2. The molecule has 2 rings (SSSR count). The van der Waals surface area contributed by atoms with Crippen molar-refractivity contribution in [1.82, 2.24) is 10.6 Å².